The number of aromatic nitrogens is 2. The quantitative estimate of drug-likeness (QED) is 0.730. The zero-order valence-corrected chi connectivity index (χ0v) is 15.7. The van der Waals surface area contributed by atoms with Crippen LogP contribution in [0.4, 0.5) is 11.8 Å². The van der Waals surface area contributed by atoms with E-state index in [9.17, 15) is 4.79 Å². The molecule has 2 heterocycles. The van der Waals surface area contributed by atoms with Crippen LogP contribution in [0.1, 0.15) is 24.1 Å². The van der Waals surface area contributed by atoms with Crippen LogP contribution in [0, 0.1) is 6.92 Å². The molecule has 1 saturated heterocycles. The number of carbonyl (C=O) groups is 1. The number of hydrogen-bond donors (Lipinski definition) is 2. The van der Waals surface area contributed by atoms with Crippen LogP contribution in [0.2, 0.25) is 5.02 Å². The van der Waals surface area contributed by atoms with Gasteiger partial charge in [-0.15, -0.1) is 0 Å². The summed E-state index contributed by atoms with van der Waals surface area (Å²) in [5.41, 5.74) is 1.77. The summed E-state index contributed by atoms with van der Waals surface area (Å²) in [5.74, 6) is 1.52. The van der Waals surface area contributed by atoms with Crippen molar-refractivity contribution in [3.63, 3.8) is 0 Å². The fourth-order valence-electron chi connectivity index (χ4n) is 2.99. The molecule has 2 aromatic rings. The number of aryl methyl sites for hydroxylation is 1. The predicted molar refractivity (Wildman–Crippen MR) is 105 cm³/mol. The summed E-state index contributed by atoms with van der Waals surface area (Å²) in [6.07, 6.45) is 2.70. The molecule has 1 fully saturated rings. The Morgan fingerprint density at radius 1 is 1.19 bits per heavy atom. The van der Waals surface area contributed by atoms with Crippen molar-refractivity contribution in [3.8, 4) is 0 Å². The number of rotatable bonds is 7. The third-order valence-corrected chi connectivity index (χ3v) is 4.68. The van der Waals surface area contributed by atoms with E-state index in [-0.39, 0.29) is 12.3 Å². The molecule has 7 heteroatoms. The molecule has 1 aromatic heterocycles. The van der Waals surface area contributed by atoms with Gasteiger partial charge >= 0.3 is 0 Å². The number of anilines is 2. The lowest BCUT2D eigenvalue weighted by Gasteiger charge is -2.17. The number of amides is 1. The molecule has 0 aliphatic carbocycles. The van der Waals surface area contributed by atoms with E-state index in [1.165, 1.54) is 12.8 Å². The Labute approximate surface area is 159 Å². The molecule has 0 radical (unpaired) electrons. The fraction of sp³-hybridized carbons (Fsp3) is 0.421. The zero-order valence-electron chi connectivity index (χ0n) is 15.0. The highest BCUT2D eigenvalue weighted by molar-refractivity contribution is 6.31. The maximum absolute atomic E-state index is 12.0. The molecule has 1 aliphatic rings. The zero-order chi connectivity index (χ0) is 18.4. The van der Waals surface area contributed by atoms with Crippen LogP contribution in [0.5, 0.6) is 0 Å². The van der Waals surface area contributed by atoms with Gasteiger partial charge in [-0.05, 0) is 31.4 Å². The highest BCUT2D eigenvalue weighted by atomic mass is 35.5. The minimum absolute atomic E-state index is 0.0529. The van der Waals surface area contributed by atoms with Crippen LogP contribution in [0.3, 0.4) is 0 Å². The Bertz CT molecular complexity index is 761. The van der Waals surface area contributed by atoms with Crippen molar-refractivity contribution in [2.24, 2.45) is 0 Å². The monoisotopic (exact) mass is 373 g/mol. The lowest BCUT2D eigenvalue weighted by atomic mass is 10.1. The van der Waals surface area contributed by atoms with E-state index in [1.54, 1.807) is 6.07 Å². The molecule has 1 aromatic carbocycles. The molecule has 1 amide bonds. The first-order chi connectivity index (χ1) is 12.6. The van der Waals surface area contributed by atoms with Crippen LogP contribution >= 0.6 is 11.6 Å². The van der Waals surface area contributed by atoms with E-state index in [4.69, 9.17) is 11.6 Å². The summed E-state index contributed by atoms with van der Waals surface area (Å²) >= 11 is 6.08. The average molecular weight is 374 g/mol. The van der Waals surface area contributed by atoms with Gasteiger partial charge in [0.25, 0.3) is 0 Å². The molecule has 0 atom stereocenters. The summed E-state index contributed by atoms with van der Waals surface area (Å²) in [6, 6.07) is 9.40. The van der Waals surface area contributed by atoms with Gasteiger partial charge in [0, 0.05) is 43.0 Å². The summed E-state index contributed by atoms with van der Waals surface area (Å²) in [7, 11) is 0. The van der Waals surface area contributed by atoms with Gasteiger partial charge in [-0.25, -0.2) is 4.98 Å². The predicted octanol–water partition coefficient (Wildman–Crippen LogP) is 2.81. The first kappa shape index (κ1) is 18.5. The molecule has 6 nitrogen and oxygen atoms in total. The first-order valence-electron chi connectivity index (χ1n) is 8.96. The Balaban J connectivity index is 1.46. The highest BCUT2D eigenvalue weighted by Gasteiger charge is 2.15. The summed E-state index contributed by atoms with van der Waals surface area (Å²) in [6.45, 7) is 5.14. The Hall–Kier alpha value is -2.34. The fourth-order valence-corrected chi connectivity index (χ4v) is 3.20. The highest BCUT2D eigenvalue weighted by Crippen LogP contribution is 2.19. The van der Waals surface area contributed by atoms with E-state index in [1.807, 2.05) is 31.2 Å². The molecule has 0 spiro atoms. The van der Waals surface area contributed by atoms with Gasteiger partial charge in [0.1, 0.15) is 5.82 Å². The largest absolute Gasteiger partial charge is 0.356 e. The molecule has 0 bridgehead atoms. The number of nitrogens with one attached hydrogen (secondary N) is 2. The second-order valence-corrected chi connectivity index (χ2v) is 6.84. The Kier molecular flexibility index (Phi) is 6.28. The molecule has 0 unspecified atom stereocenters. The van der Waals surface area contributed by atoms with E-state index in [2.05, 4.69) is 25.5 Å². The van der Waals surface area contributed by atoms with Gasteiger partial charge in [0.15, 0.2) is 0 Å². The lowest BCUT2D eigenvalue weighted by molar-refractivity contribution is -0.120. The van der Waals surface area contributed by atoms with E-state index >= 15 is 0 Å². The van der Waals surface area contributed by atoms with Crippen LogP contribution in [-0.2, 0) is 11.2 Å². The molecule has 1 aliphatic heterocycles. The van der Waals surface area contributed by atoms with Gasteiger partial charge in [-0.2, -0.15) is 4.98 Å². The van der Waals surface area contributed by atoms with Crippen LogP contribution in [0.15, 0.2) is 30.3 Å². The van der Waals surface area contributed by atoms with Crippen LogP contribution in [-0.4, -0.2) is 42.1 Å². The minimum Gasteiger partial charge on any atom is -0.356 e. The van der Waals surface area contributed by atoms with Crippen LogP contribution < -0.4 is 15.5 Å². The average Bonchev–Trinajstić information content (AvgIpc) is 3.15. The molecule has 2 N–H and O–H groups in total. The second kappa shape index (κ2) is 8.85. The smallest absolute Gasteiger partial charge is 0.224 e. The van der Waals surface area contributed by atoms with Gasteiger partial charge in [-0.3, -0.25) is 4.79 Å². The third-order valence-electron chi connectivity index (χ3n) is 4.31. The molecule has 0 saturated carbocycles. The maximum Gasteiger partial charge on any atom is 0.224 e. The number of nitrogens with zero attached hydrogens (tertiary/aromatic N) is 3. The number of hydrogen-bond acceptors (Lipinski definition) is 5. The normalized spacial score (nSPS) is 13.7. The third kappa shape index (κ3) is 5.08. The van der Waals surface area contributed by atoms with Crippen molar-refractivity contribution in [1.29, 1.82) is 0 Å². The Morgan fingerprint density at radius 3 is 2.73 bits per heavy atom. The SMILES string of the molecule is Cc1cc(N2CCCC2)nc(NCCNC(=O)Cc2ccccc2Cl)n1. The van der Waals surface area contributed by atoms with Gasteiger partial charge < -0.3 is 15.5 Å². The van der Waals surface area contributed by atoms with Crippen molar-refractivity contribution in [1.82, 2.24) is 15.3 Å². The van der Waals surface area contributed by atoms with Gasteiger partial charge in [-0.1, -0.05) is 29.8 Å². The van der Waals surface area contributed by atoms with Crippen molar-refractivity contribution < 1.29 is 4.79 Å². The maximum atomic E-state index is 12.0. The van der Waals surface area contributed by atoms with Crippen molar-refractivity contribution in [2.45, 2.75) is 26.2 Å². The topological polar surface area (TPSA) is 70.2 Å². The lowest BCUT2D eigenvalue weighted by Crippen LogP contribution is -2.30. The van der Waals surface area contributed by atoms with Crippen LogP contribution in [0.25, 0.3) is 0 Å². The first-order valence-corrected chi connectivity index (χ1v) is 9.34. The Morgan fingerprint density at radius 2 is 1.96 bits per heavy atom. The number of halogens is 1. The molecule has 3 rings (SSSR count). The van der Waals surface area contributed by atoms with E-state index in [0.29, 0.717) is 24.1 Å². The molecule has 138 valence electrons. The van der Waals surface area contributed by atoms with Gasteiger partial charge in [0.2, 0.25) is 11.9 Å². The van der Waals surface area contributed by atoms with Crippen molar-refractivity contribution in [3.05, 3.63) is 46.6 Å². The summed E-state index contributed by atoms with van der Waals surface area (Å²) < 4.78 is 0. The minimum atomic E-state index is -0.0529. The summed E-state index contributed by atoms with van der Waals surface area (Å²) in [4.78, 5) is 23.3. The van der Waals surface area contributed by atoms with E-state index in [0.717, 1.165) is 30.2 Å². The van der Waals surface area contributed by atoms with Crippen molar-refractivity contribution in [2.75, 3.05) is 36.4 Å². The number of carbonyl (C=O) groups excluding carboxylic acids is 1. The summed E-state index contributed by atoms with van der Waals surface area (Å²) in [5, 5.41) is 6.69. The standard InChI is InChI=1S/C19H24ClN5O/c1-14-12-17(25-10-4-5-11-25)24-19(23-14)22-9-8-21-18(26)13-15-6-2-3-7-16(15)20/h2-3,6-7,12H,4-5,8-11,13H2,1H3,(H,21,26)(H,22,23,24). The molecular formula is C19H24ClN5O. The second-order valence-electron chi connectivity index (χ2n) is 6.43. The number of benzene rings is 1. The van der Waals surface area contributed by atoms with Crippen molar-refractivity contribution >= 4 is 29.3 Å². The molecule has 26 heavy (non-hydrogen) atoms. The van der Waals surface area contributed by atoms with Gasteiger partial charge in [0.05, 0.1) is 6.42 Å². The van der Waals surface area contributed by atoms with E-state index < -0.39 is 0 Å². The molecular weight excluding hydrogens is 350 g/mol.